The number of amides is 1. The number of hydrogen-bond acceptors (Lipinski definition) is 2. The first-order valence-corrected chi connectivity index (χ1v) is 8.39. The molecule has 0 atom stereocenters. The van der Waals surface area contributed by atoms with E-state index in [0.29, 0.717) is 5.92 Å². The number of piperidine rings is 1. The lowest BCUT2D eigenvalue weighted by atomic mass is 9.89. The van der Waals surface area contributed by atoms with Crippen molar-refractivity contribution in [3.05, 3.63) is 35.5 Å². The number of nitrogens with one attached hydrogen (secondary N) is 1. The van der Waals surface area contributed by atoms with E-state index in [2.05, 4.69) is 36.3 Å². The van der Waals surface area contributed by atoms with Crippen molar-refractivity contribution in [3.63, 3.8) is 0 Å². The predicted molar refractivity (Wildman–Crippen MR) is 92.8 cm³/mol. The number of H-pyrrole nitrogens is 1. The van der Waals surface area contributed by atoms with E-state index in [-0.39, 0.29) is 6.09 Å². The number of carbonyl (C=O) groups excluding carboxylic acids is 1. The van der Waals surface area contributed by atoms with E-state index in [1.54, 1.807) is 0 Å². The zero-order valence-corrected chi connectivity index (χ0v) is 14.5. The van der Waals surface area contributed by atoms with Gasteiger partial charge in [0.05, 0.1) is 0 Å². The first-order valence-electron chi connectivity index (χ1n) is 8.39. The van der Waals surface area contributed by atoms with Gasteiger partial charge in [-0.05, 0) is 57.6 Å². The number of aromatic amines is 1. The number of aryl methyl sites for hydroxylation is 1. The average molecular weight is 314 g/mol. The van der Waals surface area contributed by atoms with Crippen LogP contribution in [0.1, 0.15) is 50.7 Å². The molecule has 1 amide bonds. The highest BCUT2D eigenvalue weighted by atomic mass is 16.6. The number of nitrogens with zero attached hydrogens (tertiary/aromatic N) is 1. The van der Waals surface area contributed by atoms with E-state index < -0.39 is 5.60 Å². The second-order valence-electron chi connectivity index (χ2n) is 7.48. The van der Waals surface area contributed by atoms with Crippen molar-refractivity contribution < 1.29 is 9.53 Å². The number of benzene rings is 1. The summed E-state index contributed by atoms with van der Waals surface area (Å²) in [5, 5.41) is 1.32. The first-order chi connectivity index (χ1) is 10.8. The van der Waals surface area contributed by atoms with Crippen LogP contribution in [0.4, 0.5) is 4.79 Å². The molecule has 0 bridgehead atoms. The van der Waals surface area contributed by atoms with Crippen molar-refractivity contribution in [1.29, 1.82) is 0 Å². The molecule has 4 heteroatoms. The van der Waals surface area contributed by atoms with Gasteiger partial charge in [-0.3, -0.25) is 0 Å². The number of ether oxygens (including phenoxy) is 1. The van der Waals surface area contributed by atoms with Gasteiger partial charge in [-0.2, -0.15) is 0 Å². The molecule has 3 rings (SSSR count). The monoisotopic (exact) mass is 314 g/mol. The van der Waals surface area contributed by atoms with Gasteiger partial charge >= 0.3 is 6.09 Å². The van der Waals surface area contributed by atoms with Gasteiger partial charge in [0.15, 0.2) is 0 Å². The van der Waals surface area contributed by atoms with Crippen LogP contribution in [0.2, 0.25) is 0 Å². The third-order valence-corrected chi connectivity index (χ3v) is 4.54. The maximum Gasteiger partial charge on any atom is 0.410 e. The van der Waals surface area contributed by atoms with Crippen LogP contribution in [-0.2, 0) is 4.74 Å². The van der Waals surface area contributed by atoms with Gasteiger partial charge in [0, 0.05) is 30.2 Å². The Balaban J connectivity index is 1.69. The molecule has 0 spiro atoms. The fraction of sp³-hybridized carbons (Fsp3) is 0.526. The Labute approximate surface area is 137 Å². The summed E-state index contributed by atoms with van der Waals surface area (Å²) in [5.74, 6) is 0.504. The van der Waals surface area contributed by atoms with Gasteiger partial charge in [0.2, 0.25) is 0 Å². The van der Waals surface area contributed by atoms with Gasteiger partial charge in [-0.25, -0.2) is 4.79 Å². The van der Waals surface area contributed by atoms with Gasteiger partial charge < -0.3 is 14.6 Å². The van der Waals surface area contributed by atoms with E-state index >= 15 is 0 Å². The molecular formula is C19H26N2O2. The normalized spacial score (nSPS) is 16.8. The number of aromatic nitrogens is 1. The smallest absolute Gasteiger partial charge is 0.410 e. The molecule has 0 unspecified atom stereocenters. The van der Waals surface area contributed by atoms with Crippen molar-refractivity contribution >= 4 is 17.0 Å². The zero-order valence-electron chi connectivity index (χ0n) is 14.5. The second kappa shape index (κ2) is 5.91. The Kier molecular flexibility index (Phi) is 4.09. The largest absolute Gasteiger partial charge is 0.444 e. The lowest BCUT2D eigenvalue weighted by Crippen LogP contribution is -2.41. The fourth-order valence-corrected chi connectivity index (χ4v) is 3.36. The van der Waals surface area contributed by atoms with Gasteiger partial charge in [0.25, 0.3) is 0 Å². The van der Waals surface area contributed by atoms with E-state index in [1.807, 2.05) is 25.7 Å². The molecule has 23 heavy (non-hydrogen) atoms. The number of fused-ring (bicyclic) bond motifs is 1. The lowest BCUT2D eigenvalue weighted by Gasteiger charge is -2.33. The standard InChI is InChI=1S/C19H26N2O2/c1-13-6-5-7-15-16(12-20-17(13)15)14-8-10-21(11-9-14)18(22)23-19(2,3)4/h5-7,12,14,20H,8-11H2,1-4H3. The molecule has 1 fully saturated rings. The minimum atomic E-state index is -0.428. The molecule has 1 N–H and O–H groups in total. The predicted octanol–water partition coefficient (Wildman–Crippen LogP) is 4.59. The third-order valence-electron chi connectivity index (χ3n) is 4.54. The maximum atomic E-state index is 12.2. The van der Waals surface area contributed by atoms with Crippen molar-refractivity contribution in [2.45, 2.75) is 52.1 Å². The molecule has 1 saturated heterocycles. The summed E-state index contributed by atoms with van der Waals surface area (Å²) >= 11 is 0. The van der Waals surface area contributed by atoms with Crippen molar-refractivity contribution in [2.75, 3.05) is 13.1 Å². The molecule has 4 nitrogen and oxygen atoms in total. The summed E-state index contributed by atoms with van der Waals surface area (Å²) in [5.41, 5.74) is 3.46. The van der Waals surface area contributed by atoms with Crippen molar-refractivity contribution in [3.8, 4) is 0 Å². The lowest BCUT2D eigenvalue weighted by molar-refractivity contribution is 0.0205. The third kappa shape index (κ3) is 3.36. The highest BCUT2D eigenvalue weighted by Crippen LogP contribution is 2.34. The summed E-state index contributed by atoms with van der Waals surface area (Å²) in [7, 11) is 0. The number of likely N-dealkylation sites (tertiary alicyclic amines) is 1. The number of rotatable bonds is 1. The maximum absolute atomic E-state index is 12.2. The Morgan fingerprint density at radius 1 is 1.26 bits per heavy atom. The van der Waals surface area contributed by atoms with Crippen LogP contribution in [0, 0.1) is 6.92 Å². The molecule has 1 aliphatic rings. The minimum Gasteiger partial charge on any atom is -0.444 e. The molecule has 124 valence electrons. The highest BCUT2D eigenvalue weighted by Gasteiger charge is 2.28. The molecule has 0 aliphatic carbocycles. The first kappa shape index (κ1) is 15.9. The van der Waals surface area contributed by atoms with Crippen LogP contribution >= 0.6 is 0 Å². The van der Waals surface area contributed by atoms with E-state index in [4.69, 9.17) is 4.74 Å². The van der Waals surface area contributed by atoms with E-state index in [9.17, 15) is 4.79 Å². The molecule has 0 radical (unpaired) electrons. The van der Waals surface area contributed by atoms with Crippen LogP contribution in [0.15, 0.2) is 24.4 Å². The van der Waals surface area contributed by atoms with Crippen LogP contribution in [0.5, 0.6) is 0 Å². The Morgan fingerprint density at radius 3 is 2.61 bits per heavy atom. The van der Waals surface area contributed by atoms with Crippen LogP contribution in [0.3, 0.4) is 0 Å². The number of para-hydroxylation sites is 1. The van der Waals surface area contributed by atoms with Crippen LogP contribution in [-0.4, -0.2) is 34.7 Å². The van der Waals surface area contributed by atoms with Gasteiger partial charge in [0.1, 0.15) is 5.60 Å². The average Bonchev–Trinajstić information content (AvgIpc) is 2.91. The zero-order chi connectivity index (χ0) is 16.6. The SMILES string of the molecule is Cc1cccc2c(C3CCN(C(=O)OC(C)(C)C)CC3)c[nH]c12. The summed E-state index contributed by atoms with van der Waals surface area (Å²) < 4.78 is 5.47. The number of hydrogen-bond donors (Lipinski definition) is 1. The quantitative estimate of drug-likeness (QED) is 0.836. The summed E-state index contributed by atoms with van der Waals surface area (Å²) in [6.07, 6.45) is 3.93. The van der Waals surface area contributed by atoms with Crippen molar-refractivity contribution in [1.82, 2.24) is 9.88 Å². The number of carbonyl (C=O) groups is 1. The topological polar surface area (TPSA) is 45.3 Å². The fourth-order valence-electron chi connectivity index (χ4n) is 3.36. The summed E-state index contributed by atoms with van der Waals surface area (Å²) in [6, 6.07) is 6.44. The molecular weight excluding hydrogens is 288 g/mol. The minimum absolute atomic E-state index is 0.189. The molecule has 1 aliphatic heterocycles. The molecule has 2 aromatic rings. The van der Waals surface area contributed by atoms with Gasteiger partial charge in [-0.1, -0.05) is 18.2 Å². The highest BCUT2D eigenvalue weighted by molar-refractivity contribution is 5.86. The summed E-state index contributed by atoms with van der Waals surface area (Å²) in [6.45, 7) is 9.38. The second-order valence-corrected chi connectivity index (χ2v) is 7.48. The van der Waals surface area contributed by atoms with E-state index in [1.165, 1.54) is 22.0 Å². The molecule has 1 aromatic heterocycles. The molecule has 1 aromatic carbocycles. The van der Waals surface area contributed by atoms with E-state index in [0.717, 1.165) is 25.9 Å². The molecule has 0 saturated carbocycles. The summed E-state index contributed by atoms with van der Waals surface area (Å²) in [4.78, 5) is 17.4. The Bertz CT molecular complexity index is 704. The van der Waals surface area contributed by atoms with Crippen LogP contribution < -0.4 is 0 Å². The van der Waals surface area contributed by atoms with Crippen LogP contribution in [0.25, 0.3) is 10.9 Å². The Morgan fingerprint density at radius 2 is 1.96 bits per heavy atom. The van der Waals surface area contributed by atoms with Crippen molar-refractivity contribution in [2.24, 2.45) is 0 Å². The molecule has 2 heterocycles. The van der Waals surface area contributed by atoms with Gasteiger partial charge in [-0.15, -0.1) is 0 Å². The Hall–Kier alpha value is -1.97.